The molecule has 7 nitrogen and oxygen atoms in total. The highest BCUT2D eigenvalue weighted by atomic mass is 16.5. The summed E-state index contributed by atoms with van der Waals surface area (Å²) in [4.78, 5) is 19.1. The molecule has 1 aromatic heterocycles. The van der Waals surface area contributed by atoms with Crippen LogP contribution in [0.1, 0.15) is 0 Å². The first-order valence-corrected chi connectivity index (χ1v) is 4.53. The van der Waals surface area contributed by atoms with Gasteiger partial charge >= 0.3 is 11.9 Å². The quantitative estimate of drug-likeness (QED) is 0.757. The topological polar surface area (TPSA) is 132 Å². The average molecular weight is 253 g/mol. The number of aromatic nitrogens is 1. The Kier molecular flexibility index (Phi) is 6.45. The third-order valence-corrected chi connectivity index (χ3v) is 1.63. The Morgan fingerprint density at radius 1 is 1.11 bits per heavy atom. The molecule has 0 saturated heterocycles. The summed E-state index contributed by atoms with van der Waals surface area (Å²) >= 11 is 0. The van der Waals surface area contributed by atoms with Gasteiger partial charge in [-0.3, -0.25) is 0 Å². The minimum atomic E-state index is -1.26. The third-order valence-electron chi connectivity index (χ3n) is 1.63. The van der Waals surface area contributed by atoms with E-state index >= 15 is 0 Å². The van der Waals surface area contributed by atoms with Crippen LogP contribution < -0.4 is 0 Å². The molecule has 0 amide bonds. The molecule has 2 rings (SSSR count). The van der Waals surface area contributed by atoms with Gasteiger partial charge in [0.2, 0.25) is 0 Å². The molecule has 1 heterocycles. The summed E-state index contributed by atoms with van der Waals surface area (Å²) in [5.41, 5.74) is 0.845. The summed E-state index contributed by atoms with van der Waals surface area (Å²) in [7, 11) is 0. The predicted molar refractivity (Wildman–Crippen MR) is 62.0 cm³/mol. The fourth-order valence-corrected chi connectivity index (χ4v) is 0.953. The van der Waals surface area contributed by atoms with Crippen molar-refractivity contribution >= 4 is 22.9 Å². The number of benzene rings is 1. The van der Waals surface area contributed by atoms with Crippen LogP contribution in [0, 0.1) is 0 Å². The summed E-state index contributed by atoms with van der Waals surface area (Å²) in [5, 5.41) is 20.3. The minimum Gasteiger partial charge on any atom is -0.478 e. The lowest BCUT2D eigenvalue weighted by atomic mass is 10.3. The van der Waals surface area contributed by atoms with E-state index in [1.807, 2.05) is 24.3 Å². The van der Waals surface area contributed by atoms with E-state index in [-0.39, 0.29) is 5.48 Å². The second-order valence-corrected chi connectivity index (χ2v) is 2.87. The maximum absolute atomic E-state index is 9.55. The molecule has 96 valence electrons. The standard InChI is InChI=1S/C7H5NO.C4H4O4.H2O/c1-2-4-7-6(3-1)5-8-9-7;5-3(6)1-2-4(7)8;/h1-5H;1-2H,(H,5,6)(H,7,8);1H2/b;2-1+;. The van der Waals surface area contributed by atoms with Crippen molar-refractivity contribution < 1.29 is 29.8 Å². The molecule has 0 unspecified atom stereocenters. The Bertz CT molecular complexity index is 499. The van der Waals surface area contributed by atoms with Crippen molar-refractivity contribution in [3.63, 3.8) is 0 Å². The Hall–Kier alpha value is -2.67. The summed E-state index contributed by atoms with van der Waals surface area (Å²) in [6.45, 7) is 0. The van der Waals surface area contributed by atoms with Gasteiger partial charge in [0.25, 0.3) is 0 Å². The first kappa shape index (κ1) is 15.3. The Labute approximate surface area is 101 Å². The maximum atomic E-state index is 9.55. The molecular formula is C11H11NO6. The Morgan fingerprint density at radius 3 is 2.17 bits per heavy atom. The lowest BCUT2D eigenvalue weighted by molar-refractivity contribution is -0.134. The van der Waals surface area contributed by atoms with Crippen LogP contribution in [0.4, 0.5) is 0 Å². The minimum absolute atomic E-state index is 0. The molecule has 4 N–H and O–H groups in total. The van der Waals surface area contributed by atoms with E-state index in [4.69, 9.17) is 14.7 Å². The van der Waals surface area contributed by atoms with E-state index in [9.17, 15) is 9.59 Å². The van der Waals surface area contributed by atoms with Gasteiger partial charge in [-0.15, -0.1) is 0 Å². The lowest BCUT2D eigenvalue weighted by Crippen LogP contribution is -1.91. The number of carbonyl (C=O) groups is 2. The van der Waals surface area contributed by atoms with Gasteiger partial charge in [0, 0.05) is 17.5 Å². The van der Waals surface area contributed by atoms with E-state index in [1.54, 1.807) is 6.20 Å². The van der Waals surface area contributed by atoms with Crippen molar-refractivity contribution in [2.24, 2.45) is 0 Å². The predicted octanol–water partition coefficient (Wildman–Crippen LogP) is 0.715. The fraction of sp³-hybridized carbons (Fsp3) is 0. The van der Waals surface area contributed by atoms with Crippen LogP contribution in [0.2, 0.25) is 0 Å². The van der Waals surface area contributed by atoms with Gasteiger partial charge in [-0.1, -0.05) is 17.3 Å². The second-order valence-electron chi connectivity index (χ2n) is 2.87. The highest BCUT2D eigenvalue weighted by Crippen LogP contribution is 2.10. The summed E-state index contributed by atoms with van der Waals surface area (Å²) in [6.07, 6.45) is 2.82. The molecule has 0 aliphatic heterocycles. The summed E-state index contributed by atoms with van der Waals surface area (Å²) in [5.74, 6) is -2.51. The van der Waals surface area contributed by atoms with Gasteiger partial charge in [0.1, 0.15) is 0 Å². The molecule has 0 aliphatic carbocycles. The molecule has 1 aromatic carbocycles. The van der Waals surface area contributed by atoms with Crippen molar-refractivity contribution in [3.8, 4) is 0 Å². The zero-order valence-electron chi connectivity index (χ0n) is 9.11. The van der Waals surface area contributed by atoms with E-state index in [2.05, 4.69) is 5.16 Å². The van der Waals surface area contributed by atoms with Crippen LogP contribution in [0.15, 0.2) is 47.1 Å². The van der Waals surface area contributed by atoms with E-state index in [0.717, 1.165) is 11.0 Å². The molecule has 7 heteroatoms. The number of hydrogen-bond acceptors (Lipinski definition) is 4. The molecule has 18 heavy (non-hydrogen) atoms. The van der Waals surface area contributed by atoms with Gasteiger partial charge in [-0.05, 0) is 12.1 Å². The molecule has 0 radical (unpaired) electrons. The number of carboxylic acids is 2. The molecule has 0 bridgehead atoms. The number of rotatable bonds is 2. The Balaban J connectivity index is 0.000000308. The van der Waals surface area contributed by atoms with Crippen LogP contribution in [-0.2, 0) is 9.59 Å². The maximum Gasteiger partial charge on any atom is 0.328 e. The third kappa shape index (κ3) is 5.42. The average Bonchev–Trinajstić information content (AvgIpc) is 2.75. The first-order valence-electron chi connectivity index (χ1n) is 4.53. The molecule has 0 aliphatic rings. The molecular weight excluding hydrogens is 242 g/mol. The SMILES string of the molecule is O.O=C(O)/C=C/C(=O)O.c1ccc2oncc2c1. The zero-order valence-corrected chi connectivity index (χ0v) is 9.11. The first-order chi connectivity index (χ1) is 8.09. The number of nitrogens with zero attached hydrogens (tertiary/aromatic N) is 1. The van der Waals surface area contributed by atoms with Gasteiger partial charge in [-0.25, -0.2) is 9.59 Å². The number of carboxylic acid groups (broad SMARTS) is 2. The van der Waals surface area contributed by atoms with Crippen LogP contribution in [0.3, 0.4) is 0 Å². The number of para-hydroxylation sites is 1. The highest BCUT2D eigenvalue weighted by Gasteiger charge is 1.91. The van der Waals surface area contributed by atoms with Gasteiger partial charge in [0.05, 0.1) is 6.20 Å². The number of hydrogen-bond donors (Lipinski definition) is 2. The van der Waals surface area contributed by atoms with Crippen molar-refractivity contribution in [3.05, 3.63) is 42.6 Å². The summed E-state index contributed by atoms with van der Waals surface area (Å²) < 4.78 is 4.87. The molecule has 0 saturated carbocycles. The second kappa shape index (κ2) is 7.58. The van der Waals surface area contributed by atoms with E-state index in [0.29, 0.717) is 12.2 Å². The van der Waals surface area contributed by atoms with Crippen LogP contribution in [0.25, 0.3) is 11.0 Å². The number of fused-ring (bicyclic) bond motifs is 1. The van der Waals surface area contributed by atoms with Crippen LogP contribution in [0.5, 0.6) is 0 Å². The largest absolute Gasteiger partial charge is 0.478 e. The van der Waals surface area contributed by atoms with Gasteiger partial charge in [0.15, 0.2) is 5.58 Å². The fourth-order valence-electron chi connectivity index (χ4n) is 0.953. The lowest BCUT2D eigenvalue weighted by Gasteiger charge is -1.78. The smallest absolute Gasteiger partial charge is 0.328 e. The van der Waals surface area contributed by atoms with Crippen molar-refractivity contribution in [2.45, 2.75) is 0 Å². The van der Waals surface area contributed by atoms with E-state index < -0.39 is 11.9 Å². The monoisotopic (exact) mass is 253 g/mol. The van der Waals surface area contributed by atoms with E-state index in [1.165, 1.54) is 0 Å². The Morgan fingerprint density at radius 2 is 1.67 bits per heavy atom. The molecule has 0 fully saturated rings. The van der Waals surface area contributed by atoms with Crippen molar-refractivity contribution in [1.82, 2.24) is 5.16 Å². The summed E-state index contributed by atoms with van der Waals surface area (Å²) in [6, 6.07) is 7.74. The molecule has 2 aromatic rings. The van der Waals surface area contributed by atoms with Crippen molar-refractivity contribution in [1.29, 1.82) is 0 Å². The number of aliphatic carboxylic acids is 2. The highest BCUT2D eigenvalue weighted by molar-refractivity contribution is 5.89. The van der Waals surface area contributed by atoms with Crippen molar-refractivity contribution in [2.75, 3.05) is 0 Å². The molecule has 0 atom stereocenters. The van der Waals surface area contributed by atoms with Gasteiger partial charge < -0.3 is 20.2 Å². The van der Waals surface area contributed by atoms with Crippen LogP contribution >= 0.6 is 0 Å². The normalized spacial score (nSPS) is 9.33. The van der Waals surface area contributed by atoms with Crippen LogP contribution in [-0.4, -0.2) is 32.8 Å². The zero-order chi connectivity index (χ0) is 12.7. The van der Waals surface area contributed by atoms with Gasteiger partial charge in [-0.2, -0.15) is 0 Å². The molecule has 0 spiro atoms.